The van der Waals surface area contributed by atoms with Gasteiger partial charge in [0, 0.05) is 13.1 Å². The summed E-state index contributed by atoms with van der Waals surface area (Å²) in [6.45, 7) is 0.745. The first-order valence-corrected chi connectivity index (χ1v) is 4.41. The molecular weight excluding hydrogens is 274 g/mol. The zero-order valence-corrected chi connectivity index (χ0v) is 12.9. The van der Waals surface area contributed by atoms with Crippen LogP contribution >= 0.6 is 12.4 Å². The second kappa shape index (κ2) is 8.08. The van der Waals surface area contributed by atoms with E-state index in [0.717, 1.165) is 0 Å². The fourth-order valence-corrected chi connectivity index (χ4v) is 1.60. The van der Waals surface area contributed by atoms with Crippen LogP contribution in [-0.4, -0.2) is 24.8 Å². The first-order valence-electron chi connectivity index (χ1n) is 4.41. The van der Waals surface area contributed by atoms with Crippen molar-refractivity contribution in [1.82, 2.24) is 0 Å². The summed E-state index contributed by atoms with van der Waals surface area (Å²) < 4.78 is 0. The molecule has 1 aromatic rings. The molecule has 2 N–H and O–H groups in total. The summed E-state index contributed by atoms with van der Waals surface area (Å²) in [6.07, 6.45) is 0. The Hall–Kier alpha value is -0.1000. The molecule has 1 aliphatic heterocycles. The van der Waals surface area contributed by atoms with Gasteiger partial charge in [-0.1, -0.05) is 12.1 Å². The van der Waals surface area contributed by atoms with Gasteiger partial charge in [0.05, 0.1) is 11.3 Å². The maximum Gasteiger partial charge on any atom is 1.00 e. The molecule has 1 aromatic carbocycles. The van der Waals surface area contributed by atoms with Gasteiger partial charge in [-0.15, -0.1) is 12.4 Å². The molecule has 0 fully saturated rings. The predicted octanol–water partition coefficient (Wildman–Crippen LogP) is -5.40. The zero-order chi connectivity index (χ0) is 10.1. The number of rotatable bonds is 2. The van der Waals surface area contributed by atoms with Gasteiger partial charge < -0.3 is 23.0 Å². The summed E-state index contributed by atoms with van der Waals surface area (Å²) in [5, 5.41) is 0. The number of fused-ring (bicyclic) bond motifs is 1. The van der Waals surface area contributed by atoms with E-state index >= 15 is 0 Å². The van der Waals surface area contributed by atoms with E-state index in [2.05, 4.69) is 0 Å². The molecule has 0 spiro atoms. The van der Waals surface area contributed by atoms with Crippen LogP contribution in [0.1, 0.15) is 10.4 Å². The Morgan fingerprint density at radius 2 is 1.76 bits per heavy atom. The normalized spacial score (nSPS) is 12.2. The number of benzene rings is 1. The van der Waals surface area contributed by atoms with Gasteiger partial charge in [-0.3, -0.25) is 9.59 Å². The van der Waals surface area contributed by atoms with Crippen LogP contribution in [-0.2, 0) is 4.79 Å². The summed E-state index contributed by atoms with van der Waals surface area (Å²) in [7, 11) is 0. The minimum atomic E-state index is -0.475. The molecule has 0 radical (unpaired) electrons. The van der Waals surface area contributed by atoms with Crippen LogP contribution in [0.4, 0.5) is 5.69 Å². The number of hydrogen-bond donors (Lipinski definition) is 1. The molecule has 0 saturated carbocycles. The van der Waals surface area contributed by atoms with Gasteiger partial charge in [-0.25, -0.2) is 0 Å². The molecule has 2 rings (SSSR count). The SMILES string of the molecule is Cl.NCCN1C(=O)C(=O)c2ccccc21.[Cl-].[Na+]. The van der Waals surface area contributed by atoms with Crippen molar-refractivity contribution >= 4 is 29.8 Å². The van der Waals surface area contributed by atoms with Crippen LogP contribution in [0.3, 0.4) is 0 Å². The quantitative estimate of drug-likeness (QED) is 0.436. The first-order chi connectivity index (χ1) is 6.75. The number of amides is 1. The average Bonchev–Trinajstić information content (AvgIpc) is 2.45. The Labute approximate surface area is 134 Å². The van der Waals surface area contributed by atoms with Crippen molar-refractivity contribution in [3.05, 3.63) is 29.8 Å². The smallest absolute Gasteiger partial charge is 1.00 e. The van der Waals surface area contributed by atoms with Crippen molar-refractivity contribution in [1.29, 1.82) is 0 Å². The molecular formula is C10H11Cl2N2NaO2. The molecule has 1 heterocycles. The summed E-state index contributed by atoms with van der Waals surface area (Å²) in [6, 6.07) is 6.96. The molecule has 88 valence electrons. The minimum Gasteiger partial charge on any atom is -1.00 e. The number of ketones is 1. The molecule has 1 amide bonds. The number of halogens is 2. The summed E-state index contributed by atoms with van der Waals surface area (Å²) in [4.78, 5) is 24.4. The molecule has 17 heavy (non-hydrogen) atoms. The Balaban J connectivity index is 0. The second-order valence-corrected chi connectivity index (χ2v) is 3.09. The van der Waals surface area contributed by atoms with Gasteiger partial charge in [0.2, 0.25) is 0 Å². The van der Waals surface area contributed by atoms with Gasteiger partial charge in [-0.2, -0.15) is 0 Å². The van der Waals surface area contributed by atoms with Crippen LogP contribution in [0.25, 0.3) is 0 Å². The molecule has 0 unspecified atom stereocenters. The van der Waals surface area contributed by atoms with E-state index in [1.165, 1.54) is 4.90 Å². The number of Topliss-reactive ketones (excluding diaryl/α,β-unsaturated/α-hetero) is 1. The van der Waals surface area contributed by atoms with E-state index in [1.54, 1.807) is 24.3 Å². The molecule has 0 saturated heterocycles. The van der Waals surface area contributed by atoms with E-state index in [9.17, 15) is 9.59 Å². The molecule has 0 aromatic heterocycles. The van der Waals surface area contributed by atoms with Crippen LogP contribution in [0.15, 0.2) is 24.3 Å². The fraction of sp³-hybridized carbons (Fsp3) is 0.200. The van der Waals surface area contributed by atoms with E-state index < -0.39 is 11.7 Å². The molecule has 7 heteroatoms. The van der Waals surface area contributed by atoms with E-state index in [-0.39, 0.29) is 54.4 Å². The molecule has 1 aliphatic rings. The first kappa shape index (κ1) is 19.2. The van der Waals surface area contributed by atoms with Crippen molar-refractivity contribution in [2.24, 2.45) is 5.73 Å². The van der Waals surface area contributed by atoms with E-state index in [4.69, 9.17) is 5.73 Å². The topological polar surface area (TPSA) is 63.4 Å². The number of carbonyl (C=O) groups is 2. The number of carbonyl (C=O) groups excluding carboxylic acids is 2. The largest absolute Gasteiger partial charge is 1.00 e. The Morgan fingerprint density at radius 1 is 1.18 bits per heavy atom. The van der Waals surface area contributed by atoms with Crippen molar-refractivity contribution in [3.8, 4) is 0 Å². The number of nitrogens with two attached hydrogens (primary N) is 1. The minimum absolute atomic E-state index is 0. The van der Waals surface area contributed by atoms with Crippen LogP contribution in [0.5, 0.6) is 0 Å². The summed E-state index contributed by atoms with van der Waals surface area (Å²) in [5.74, 6) is -0.911. The van der Waals surface area contributed by atoms with Gasteiger partial charge in [0.15, 0.2) is 0 Å². The van der Waals surface area contributed by atoms with Crippen molar-refractivity contribution < 1.29 is 51.6 Å². The molecule has 0 aliphatic carbocycles. The summed E-state index contributed by atoms with van der Waals surface area (Å²) >= 11 is 0. The molecule has 0 bridgehead atoms. The van der Waals surface area contributed by atoms with E-state index in [0.29, 0.717) is 24.3 Å². The van der Waals surface area contributed by atoms with Crippen molar-refractivity contribution in [2.45, 2.75) is 0 Å². The number of hydrogen-bond acceptors (Lipinski definition) is 3. The maximum atomic E-state index is 11.5. The molecule has 4 nitrogen and oxygen atoms in total. The van der Waals surface area contributed by atoms with Crippen LogP contribution in [0.2, 0.25) is 0 Å². The monoisotopic (exact) mass is 284 g/mol. The van der Waals surface area contributed by atoms with Crippen LogP contribution in [0, 0.1) is 0 Å². The van der Waals surface area contributed by atoms with Gasteiger partial charge in [-0.05, 0) is 12.1 Å². The number of anilines is 1. The third-order valence-electron chi connectivity index (χ3n) is 2.23. The van der Waals surface area contributed by atoms with Crippen molar-refractivity contribution in [2.75, 3.05) is 18.0 Å². The van der Waals surface area contributed by atoms with E-state index in [1.807, 2.05) is 0 Å². The summed E-state index contributed by atoms with van der Waals surface area (Å²) in [5.41, 5.74) is 6.52. The Morgan fingerprint density at radius 3 is 2.35 bits per heavy atom. The predicted molar refractivity (Wildman–Crippen MR) is 59.4 cm³/mol. The third-order valence-corrected chi connectivity index (χ3v) is 2.23. The van der Waals surface area contributed by atoms with Crippen LogP contribution < -0.4 is 52.6 Å². The number of para-hydroxylation sites is 1. The van der Waals surface area contributed by atoms with Crippen molar-refractivity contribution in [3.63, 3.8) is 0 Å². The zero-order valence-electron chi connectivity index (χ0n) is 9.35. The standard InChI is InChI=1S/C10H10N2O2.2ClH.Na/c11-5-6-12-8-4-2-1-3-7(8)9(13)10(12)14;;;/h1-4H,5-6,11H2;2*1H;/q;;;+1/p-1. The van der Waals surface area contributed by atoms with Gasteiger partial charge in [0.1, 0.15) is 0 Å². The fourth-order valence-electron chi connectivity index (χ4n) is 1.60. The number of nitrogens with zero attached hydrogens (tertiary/aromatic N) is 1. The Kier molecular flexibility index (Phi) is 9.15. The molecule has 0 atom stereocenters. The van der Waals surface area contributed by atoms with Gasteiger partial charge >= 0.3 is 29.6 Å². The maximum absolute atomic E-state index is 11.5. The Bertz CT molecular complexity index is 415. The average molecular weight is 285 g/mol. The second-order valence-electron chi connectivity index (χ2n) is 3.09. The van der Waals surface area contributed by atoms with Gasteiger partial charge in [0.25, 0.3) is 11.7 Å². The third kappa shape index (κ3) is 3.44.